The van der Waals surface area contributed by atoms with Gasteiger partial charge in [-0.2, -0.15) is 4.99 Å². The largest absolute Gasteiger partial charge is 0.426 e. The summed E-state index contributed by atoms with van der Waals surface area (Å²) in [6, 6.07) is 7.28. The highest BCUT2D eigenvalue weighted by Crippen LogP contribution is 2.44. The molecular formula is C34H53NO2S. The molecule has 0 saturated heterocycles. The molecule has 0 aromatic heterocycles. The topological polar surface area (TPSA) is 38.7 Å². The first kappa shape index (κ1) is 31.0. The average molecular weight is 540 g/mol. The van der Waals surface area contributed by atoms with E-state index in [-0.39, 0.29) is 11.4 Å². The first-order valence-corrected chi connectivity index (χ1v) is 16.5. The number of aliphatic imine (C=N–C) groups is 1. The van der Waals surface area contributed by atoms with Crippen LogP contribution in [0.5, 0.6) is 5.75 Å². The number of hydrogen-bond acceptors (Lipinski definition) is 4. The Morgan fingerprint density at radius 3 is 1.97 bits per heavy atom. The van der Waals surface area contributed by atoms with Crippen LogP contribution < -0.4 is 4.74 Å². The van der Waals surface area contributed by atoms with Crippen LogP contribution in [0.15, 0.2) is 29.3 Å². The summed E-state index contributed by atoms with van der Waals surface area (Å²) in [6.45, 7) is 2.29. The smallest absolute Gasteiger partial charge is 0.317 e. The molecule has 2 aliphatic rings. The highest BCUT2D eigenvalue weighted by molar-refractivity contribution is 7.78. The molecule has 0 heterocycles. The van der Waals surface area contributed by atoms with Gasteiger partial charge in [0.2, 0.25) is 0 Å². The second-order valence-electron chi connectivity index (χ2n) is 12.3. The quantitative estimate of drug-likeness (QED) is 0.0649. The van der Waals surface area contributed by atoms with Gasteiger partial charge in [-0.05, 0) is 74.0 Å². The Morgan fingerprint density at radius 2 is 1.39 bits per heavy atom. The Kier molecular flexibility index (Phi) is 14.7. The number of isothiocyanates is 1. The van der Waals surface area contributed by atoms with Crippen molar-refractivity contribution in [3.63, 3.8) is 0 Å². The second kappa shape index (κ2) is 18.0. The molecule has 0 unspecified atom stereocenters. The van der Waals surface area contributed by atoms with E-state index >= 15 is 0 Å². The van der Waals surface area contributed by atoms with Crippen LogP contribution in [0.1, 0.15) is 148 Å². The van der Waals surface area contributed by atoms with Gasteiger partial charge in [0.05, 0.1) is 16.3 Å². The Morgan fingerprint density at radius 1 is 0.842 bits per heavy atom. The lowest BCUT2D eigenvalue weighted by Crippen LogP contribution is -2.37. The van der Waals surface area contributed by atoms with Crippen LogP contribution in [0.3, 0.4) is 0 Å². The summed E-state index contributed by atoms with van der Waals surface area (Å²) in [5, 5.41) is 2.38. The highest BCUT2D eigenvalue weighted by atomic mass is 32.1. The summed E-state index contributed by atoms with van der Waals surface area (Å²) in [5.41, 5.74) is 0.437. The van der Waals surface area contributed by atoms with Crippen molar-refractivity contribution in [2.45, 2.75) is 148 Å². The monoisotopic (exact) mass is 539 g/mol. The van der Waals surface area contributed by atoms with Gasteiger partial charge in [0, 0.05) is 0 Å². The SMILES string of the molecule is CCCCCCCCCCCCC1CCC(CCC2(C(=O)Oc3ccc(N=C=S)cc3)CCCCC2)CC1. The van der Waals surface area contributed by atoms with Gasteiger partial charge < -0.3 is 4.74 Å². The number of nitrogens with zero attached hydrogens (tertiary/aromatic N) is 1. The maximum atomic E-state index is 13.4. The van der Waals surface area contributed by atoms with Crippen molar-refractivity contribution in [1.29, 1.82) is 0 Å². The Labute approximate surface area is 238 Å². The number of ether oxygens (including phenoxy) is 1. The van der Waals surface area contributed by atoms with E-state index in [0.29, 0.717) is 5.75 Å². The molecule has 0 amide bonds. The molecule has 3 nitrogen and oxygen atoms in total. The maximum Gasteiger partial charge on any atom is 0.317 e. The Balaban J connectivity index is 1.33. The third-order valence-electron chi connectivity index (χ3n) is 9.43. The number of carbonyl (C=O) groups is 1. The molecule has 0 radical (unpaired) electrons. The van der Waals surface area contributed by atoms with Crippen LogP contribution in [-0.4, -0.2) is 11.1 Å². The fraction of sp³-hybridized carbons (Fsp3) is 0.765. The van der Waals surface area contributed by atoms with Crippen LogP contribution in [-0.2, 0) is 4.79 Å². The fourth-order valence-corrected chi connectivity index (χ4v) is 6.96. The predicted molar refractivity (Wildman–Crippen MR) is 163 cm³/mol. The van der Waals surface area contributed by atoms with E-state index in [1.807, 2.05) is 24.3 Å². The summed E-state index contributed by atoms with van der Waals surface area (Å²) in [7, 11) is 0. The molecule has 1 aromatic rings. The minimum Gasteiger partial charge on any atom is -0.426 e. The van der Waals surface area contributed by atoms with Crippen LogP contribution in [0.4, 0.5) is 5.69 Å². The molecule has 2 aliphatic carbocycles. The van der Waals surface area contributed by atoms with Crippen LogP contribution in [0.2, 0.25) is 0 Å². The molecular weight excluding hydrogens is 486 g/mol. The number of hydrogen-bond donors (Lipinski definition) is 0. The predicted octanol–water partition coefficient (Wildman–Crippen LogP) is 11.2. The second-order valence-corrected chi connectivity index (χ2v) is 12.5. The van der Waals surface area contributed by atoms with Crippen LogP contribution in [0.25, 0.3) is 0 Å². The van der Waals surface area contributed by atoms with Gasteiger partial charge in [0.1, 0.15) is 5.75 Å². The number of carbonyl (C=O) groups excluding carboxylic acids is 1. The zero-order chi connectivity index (χ0) is 26.9. The van der Waals surface area contributed by atoms with E-state index in [9.17, 15) is 4.79 Å². The van der Waals surface area contributed by atoms with Crippen molar-refractivity contribution in [3.8, 4) is 5.75 Å². The molecule has 0 bridgehead atoms. The number of thiocarbonyl (C=S) groups is 1. The average Bonchev–Trinajstić information content (AvgIpc) is 2.95. The fourth-order valence-electron chi connectivity index (χ4n) is 6.85. The zero-order valence-corrected chi connectivity index (χ0v) is 25.0. The van der Waals surface area contributed by atoms with Crippen molar-refractivity contribution in [1.82, 2.24) is 0 Å². The third kappa shape index (κ3) is 10.9. The standard InChI is InChI=1S/C34H53NO2S/c1-2-3-4-5-6-7-8-9-10-12-15-29-16-18-30(19-17-29)24-27-34(25-13-11-14-26-34)33(36)37-32-22-20-31(21-23-32)35-28-38/h20-23,29-30H,2-19,24-27H2,1H3. The lowest BCUT2D eigenvalue weighted by atomic mass is 9.68. The number of rotatable bonds is 17. The Bertz CT molecular complexity index is 831. The molecule has 0 aliphatic heterocycles. The Hall–Kier alpha value is -1.51. The molecule has 0 N–H and O–H groups in total. The van der Waals surface area contributed by atoms with Crippen molar-refractivity contribution in [3.05, 3.63) is 24.3 Å². The number of esters is 1. The van der Waals surface area contributed by atoms with Gasteiger partial charge in [-0.3, -0.25) is 4.79 Å². The maximum absolute atomic E-state index is 13.4. The summed E-state index contributed by atoms with van der Waals surface area (Å²) >= 11 is 4.67. The van der Waals surface area contributed by atoms with Crippen molar-refractivity contribution >= 4 is 29.0 Å². The van der Waals surface area contributed by atoms with Crippen LogP contribution in [0, 0.1) is 17.3 Å². The van der Waals surface area contributed by atoms with Gasteiger partial charge >= 0.3 is 5.97 Å². The molecule has 0 atom stereocenters. The van der Waals surface area contributed by atoms with E-state index in [1.54, 1.807) is 0 Å². The summed E-state index contributed by atoms with van der Waals surface area (Å²) in [6.07, 6.45) is 28.9. The molecule has 3 rings (SSSR count). The number of benzene rings is 1. The lowest BCUT2D eigenvalue weighted by molar-refractivity contribution is -0.148. The van der Waals surface area contributed by atoms with Gasteiger partial charge in [-0.15, -0.1) is 0 Å². The van der Waals surface area contributed by atoms with E-state index in [0.717, 1.165) is 49.6 Å². The van der Waals surface area contributed by atoms with Gasteiger partial charge in [0.15, 0.2) is 0 Å². The third-order valence-corrected chi connectivity index (χ3v) is 9.52. The molecule has 212 valence electrons. The van der Waals surface area contributed by atoms with Crippen molar-refractivity contribution < 1.29 is 9.53 Å². The van der Waals surface area contributed by atoms with E-state index in [2.05, 4.69) is 29.3 Å². The molecule has 2 saturated carbocycles. The minimum atomic E-state index is -0.295. The minimum absolute atomic E-state index is 0.0158. The summed E-state index contributed by atoms with van der Waals surface area (Å²) in [4.78, 5) is 17.4. The van der Waals surface area contributed by atoms with Crippen molar-refractivity contribution in [2.75, 3.05) is 0 Å². The first-order chi connectivity index (χ1) is 18.6. The summed E-state index contributed by atoms with van der Waals surface area (Å²) in [5.74, 6) is 2.32. The zero-order valence-electron chi connectivity index (χ0n) is 24.2. The normalized spacial score (nSPS) is 21.0. The lowest BCUT2D eigenvalue weighted by Gasteiger charge is -2.37. The van der Waals surface area contributed by atoms with E-state index < -0.39 is 0 Å². The van der Waals surface area contributed by atoms with E-state index in [1.165, 1.54) is 109 Å². The molecule has 0 spiro atoms. The highest BCUT2D eigenvalue weighted by Gasteiger charge is 2.41. The summed E-state index contributed by atoms with van der Waals surface area (Å²) < 4.78 is 5.92. The first-order valence-electron chi connectivity index (χ1n) is 16.1. The molecule has 1 aromatic carbocycles. The number of unbranched alkanes of at least 4 members (excludes halogenated alkanes) is 9. The molecule has 2 fully saturated rings. The van der Waals surface area contributed by atoms with Gasteiger partial charge in [-0.25, -0.2) is 0 Å². The molecule has 38 heavy (non-hydrogen) atoms. The van der Waals surface area contributed by atoms with E-state index in [4.69, 9.17) is 4.74 Å². The van der Waals surface area contributed by atoms with Crippen LogP contribution >= 0.6 is 12.2 Å². The van der Waals surface area contributed by atoms with Gasteiger partial charge in [-0.1, -0.05) is 122 Å². The van der Waals surface area contributed by atoms with Crippen molar-refractivity contribution in [2.24, 2.45) is 22.2 Å². The molecule has 4 heteroatoms. The van der Waals surface area contributed by atoms with Gasteiger partial charge in [0.25, 0.3) is 0 Å².